The number of ether oxygens (including phenoxy) is 1. The summed E-state index contributed by atoms with van der Waals surface area (Å²) in [7, 11) is 1.95. The number of hydrogen-bond donors (Lipinski definition) is 0. The van der Waals surface area contributed by atoms with Gasteiger partial charge in [-0.15, -0.1) is 0 Å². The van der Waals surface area contributed by atoms with Crippen molar-refractivity contribution >= 4 is 5.78 Å². The van der Waals surface area contributed by atoms with E-state index in [-0.39, 0.29) is 0 Å². The highest BCUT2D eigenvalue weighted by atomic mass is 16.5. The van der Waals surface area contributed by atoms with E-state index >= 15 is 0 Å². The summed E-state index contributed by atoms with van der Waals surface area (Å²) in [6, 6.07) is 0. The van der Waals surface area contributed by atoms with E-state index in [0.29, 0.717) is 25.2 Å². The molecule has 0 unspecified atom stereocenters. The van der Waals surface area contributed by atoms with Crippen LogP contribution in [0.15, 0.2) is 12.4 Å². The fourth-order valence-corrected chi connectivity index (χ4v) is 1.53. The molecule has 0 aliphatic rings. The molecule has 0 bridgehead atoms. The van der Waals surface area contributed by atoms with Crippen LogP contribution in [0.1, 0.15) is 32.0 Å². The van der Waals surface area contributed by atoms with Gasteiger partial charge in [0, 0.05) is 51.9 Å². The Kier molecular flexibility index (Phi) is 5.78. The molecule has 1 heterocycles. The van der Waals surface area contributed by atoms with Crippen LogP contribution in [0.4, 0.5) is 0 Å². The van der Waals surface area contributed by atoms with Crippen molar-refractivity contribution in [2.24, 2.45) is 7.05 Å². The molecule has 0 saturated carbocycles. The first-order valence-corrected chi connectivity index (χ1v) is 5.79. The van der Waals surface area contributed by atoms with Gasteiger partial charge in [0.25, 0.3) is 0 Å². The lowest BCUT2D eigenvalue weighted by molar-refractivity contribution is -0.119. The van der Waals surface area contributed by atoms with Gasteiger partial charge in [0.2, 0.25) is 0 Å². The largest absolute Gasteiger partial charge is 0.382 e. The van der Waals surface area contributed by atoms with E-state index < -0.39 is 0 Å². The van der Waals surface area contributed by atoms with Crippen LogP contribution < -0.4 is 0 Å². The second kappa shape index (κ2) is 7.17. The van der Waals surface area contributed by atoms with Crippen LogP contribution in [0.25, 0.3) is 0 Å². The van der Waals surface area contributed by atoms with Crippen molar-refractivity contribution in [3.8, 4) is 0 Å². The zero-order valence-electron chi connectivity index (χ0n) is 10.1. The number of imidazole rings is 1. The summed E-state index contributed by atoms with van der Waals surface area (Å²) in [5.74, 6) is 1.26. The number of hydrogen-bond acceptors (Lipinski definition) is 3. The molecule has 1 rings (SSSR count). The highest BCUT2D eigenvalue weighted by molar-refractivity contribution is 5.78. The van der Waals surface area contributed by atoms with E-state index in [4.69, 9.17) is 4.74 Å². The lowest BCUT2D eigenvalue weighted by atomic mass is 10.1. The average Bonchev–Trinajstić information content (AvgIpc) is 2.67. The number of aryl methyl sites for hydroxylation is 2. The molecule has 16 heavy (non-hydrogen) atoms. The molecule has 0 aliphatic carbocycles. The maximum absolute atomic E-state index is 11.5. The molecule has 0 aromatic carbocycles. The molecule has 0 amide bonds. The Labute approximate surface area is 96.6 Å². The van der Waals surface area contributed by atoms with Crippen LogP contribution in [0.3, 0.4) is 0 Å². The lowest BCUT2D eigenvalue weighted by Crippen LogP contribution is -2.05. The van der Waals surface area contributed by atoms with Crippen LogP contribution in [0.5, 0.6) is 0 Å². The number of carbonyl (C=O) groups is 1. The first-order chi connectivity index (χ1) is 7.74. The highest BCUT2D eigenvalue weighted by Crippen LogP contribution is 2.03. The minimum Gasteiger partial charge on any atom is -0.382 e. The van der Waals surface area contributed by atoms with E-state index in [2.05, 4.69) is 4.98 Å². The standard InChI is InChI=1S/C12H20N2O2/c1-3-16-10-4-5-11(15)6-7-12-13-8-9-14(12)2/h8-9H,3-7,10H2,1-2H3. The number of nitrogens with zero attached hydrogens (tertiary/aromatic N) is 2. The summed E-state index contributed by atoms with van der Waals surface area (Å²) in [4.78, 5) is 15.7. The monoisotopic (exact) mass is 224 g/mol. The van der Waals surface area contributed by atoms with Crippen molar-refractivity contribution in [1.29, 1.82) is 0 Å². The van der Waals surface area contributed by atoms with Crippen molar-refractivity contribution in [3.63, 3.8) is 0 Å². The second-order valence-electron chi connectivity index (χ2n) is 3.79. The Hall–Kier alpha value is -1.16. The van der Waals surface area contributed by atoms with Gasteiger partial charge in [-0.2, -0.15) is 0 Å². The topological polar surface area (TPSA) is 44.1 Å². The molecular formula is C12H20N2O2. The van der Waals surface area contributed by atoms with Crippen LogP contribution >= 0.6 is 0 Å². The van der Waals surface area contributed by atoms with E-state index in [9.17, 15) is 4.79 Å². The summed E-state index contributed by atoms with van der Waals surface area (Å²) in [6.45, 7) is 3.37. The quantitative estimate of drug-likeness (QED) is 0.632. The van der Waals surface area contributed by atoms with Gasteiger partial charge in [-0.3, -0.25) is 4.79 Å². The van der Waals surface area contributed by atoms with Gasteiger partial charge in [-0.1, -0.05) is 0 Å². The van der Waals surface area contributed by atoms with Crippen molar-refractivity contribution < 1.29 is 9.53 Å². The minimum atomic E-state index is 0.294. The van der Waals surface area contributed by atoms with Crippen LogP contribution in [-0.2, 0) is 23.0 Å². The van der Waals surface area contributed by atoms with Gasteiger partial charge < -0.3 is 9.30 Å². The zero-order valence-corrected chi connectivity index (χ0v) is 10.1. The molecule has 1 aromatic heterocycles. The average molecular weight is 224 g/mol. The number of rotatable bonds is 8. The summed E-state index contributed by atoms with van der Waals surface area (Å²) in [5, 5.41) is 0. The van der Waals surface area contributed by atoms with E-state index in [1.807, 2.05) is 24.7 Å². The Morgan fingerprint density at radius 1 is 1.50 bits per heavy atom. The maximum atomic E-state index is 11.5. The third kappa shape index (κ3) is 4.57. The van der Waals surface area contributed by atoms with Gasteiger partial charge in [0.15, 0.2) is 0 Å². The van der Waals surface area contributed by atoms with Crippen molar-refractivity contribution in [1.82, 2.24) is 9.55 Å². The summed E-state index contributed by atoms with van der Waals surface area (Å²) >= 11 is 0. The second-order valence-corrected chi connectivity index (χ2v) is 3.79. The smallest absolute Gasteiger partial charge is 0.133 e. The molecule has 0 radical (unpaired) electrons. The lowest BCUT2D eigenvalue weighted by Gasteiger charge is -2.02. The molecule has 0 saturated heterocycles. The molecule has 1 aromatic rings. The van der Waals surface area contributed by atoms with Crippen molar-refractivity contribution in [3.05, 3.63) is 18.2 Å². The van der Waals surface area contributed by atoms with Crippen LogP contribution in [-0.4, -0.2) is 28.5 Å². The van der Waals surface area contributed by atoms with Gasteiger partial charge in [0.1, 0.15) is 11.6 Å². The SMILES string of the molecule is CCOCCCC(=O)CCc1nccn1C. The molecule has 0 N–H and O–H groups in total. The van der Waals surface area contributed by atoms with Gasteiger partial charge in [-0.25, -0.2) is 4.98 Å². The van der Waals surface area contributed by atoms with Gasteiger partial charge in [0.05, 0.1) is 0 Å². The number of Topliss-reactive ketones (excluding diaryl/α,β-unsaturated/α-hetero) is 1. The first kappa shape index (κ1) is 12.9. The predicted octanol–water partition coefficient (Wildman–Crippen LogP) is 1.74. The third-order valence-electron chi connectivity index (χ3n) is 2.50. The maximum Gasteiger partial charge on any atom is 0.133 e. The Morgan fingerprint density at radius 3 is 2.94 bits per heavy atom. The van der Waals surface area contributed by atoms with Crippen LogP contribution in [0, 0.1) is 0 Å². The molecule has 0 spiro atoms. The Morgan fingerprint density at radius 2 is 2.31 bits per heavy atom. The normalized spacial score (nSPS) is 10.6. The highest BCUT2D eigenvalue weighted by Gasteiger charge is 2.05. The molecule has 0 fully saturated rings. The number of carbonyl (C=O) groups excluding carboxylic acids is 1. The molecule has 4 nitrogen and oxygen atoms in total. The Balaban J connectivity index is 2.13. The van der Waals surface area contributed by atoms with E-state index in [1.54, 1.807) is 6.20 Å². The molecule has 4 heteroatoms. The minimum absolute atomic E-state index is 0.294. The summed E-state index contributed by atoms with van der Waals surface area (Å²) < 4.78 is 7.14. The molecule has 0 atom stereocenters. The zero-order chi connectivity index (χ0) is 11.8. The van der Waals surface area contributed by atoms with E-state index in [0.717, 1.165) is 25.3 Å². The number of ketones is 1. The fourth-order valence-electron chi connectivity index (χ4n) is 1.53. The predicted molar refractivity (Wildman–Crippen MR) is 62.3 cm³/mol. The Bertz CT molecular complexity index is 321. The van der Waals surface area contributed by atoms with Gasteiger partial charge in [-0.05, 0) is 13.3 Å². The van der Waals surface area contributed by atoms with E-state index in [1.165, 1.54) is 0 Å². The first-order valence-electron chi connectivity index (χ1n) is 5.79. The summed E-state index contributed by atoms with van der Waals surface area (Å²) in [6.07, 6.45) is 6.41. The third-order valence-corrected chi connectivity index (χ3v) is 2.50. The molecular weight excluding hydrogens is 204 g/mol. The molecule has 0 aliphatic heterocycles. The van der Waals surface area contributed by atoms with Crippen molar-refractivity contribution in [2.45, 2.75) is 32.6 Å². The fraction of sp³-hybridized carbons (Fsp3) is 0.667. The summed E-state index contributed by atoms with van der Waals surface area (Å²) in [5.41, 5.74) is 0. The number of aromatic nitrogens is 2. The van der Waals surface area contributed by atoms with Crippen LogP contribution in [0.2, 0.25) is 0 Å². The van der Waals surface area contributed by atoms with Crippen molar-refractivity contribution in [2.75, 3.05) is 13.2 Å². The molecule has 90 valence electrons. The van der Waals surface area contributed by atoms with Gasteiger partial charge >= 0.3 is 0 Å².